The lowest BCUT2D eigenvalue weighted by Crippen LogP contribution is -2.25. The Bertz CT molecular complexity index is 456. The summed E-state index contributed by atoms with van der Waals surface area (Å²) in [5.41, 5.74) is 0. The van der Waals surface area contributed by atoms with Crippen molar-refractivity contribution < 1.29 is 0 Å². The first-order valence-corrected chi connectivity index (χ1v) is 13.1. The molecule has 3 rings (SSSR count). The van der Waals surface area contributed by atoms with Crippen molar-refractivity contribution in [1.82, 2.24) is 0 Å². The van der Waals surface area contributed by atoms with Crippen molar-refractivity contribution in [2.24, 2.45) is 35.5 Å². The van der Waals surface area contributed by atoms with Crippen molar-refractivity contribution in [2.75, 3.05) is 0 Å². The molecule has 28 heavy (non-hydrogen) atoms. The Kier molecular flexibility index (Phi) is 9.69. The predicted molar refractivity (Wildman–Crippen MR) is 124 cm³/mol. The van der Waals surface area contributed by atoms with Crippen LogP contribution in [0.5, 0.6) is 0 Å². The zero-order valence-electron chi connectivity index (χ0n) is 19.1. The molecule has 0 bridgehead atoms. The van der Waals surface area contributed by atoms with Gasteiger partial charge in [-0.2, -0.15) is 0 Å². The second kappa shape index (κ2) is 12.2. The lowest BCUT2D eigenvalue weighted by molar-refractivity contribution is 0.152. The molecule has 0 saturated heterocycles. The van der Waals surface area contributed by atoms with Gasteiger partial charge in [-0.1, -0.05) is 83.1 Å². The summed E-state index contributed by atoms with van der Waals surface area (Å²) in [7, 11) is 0. The molecule has 2 fully saturated rings. The Hall–Kier alpha value is -0.520. The van der Waals surface area contributed by atoms with E-state index in [0.29, 0.717) is 0 Å². The van der Waals surface area contributed by atoms with Gasteiger partial charge in [0.25, 0.3) is 0 Å². The molecule has 0 heteroatoms. The average molecular weight is 385 g/mol. The van der Waals surface area contributed by atoms with Gasteiger partial charge in [-0.05, 0) is 93.3 Å². The third-order valence-corrected chi connectivity index (χ3v) is 8.38. The van der Waals surface area contributed by atoms with Crippen molar-refractivity contribution in [1.29, 1.82) is 0 Å². The van der Waals surface area contributed by atoms with Crippen LogP contribution in [0.15, 0.2) is 24.3 Å². The molecule has 3 aliphatic rings. The van der Waals surface area contributed by atoms with E-state index in [-0.39, 0.29) is 0 Å². The fraction of sp³-hybridized carbons (Fsp3) is 0.857. The lowest BCUT2D eigenvalue weighted by atomic mass is 9.68. The summed E-state index contributed by atoms with van der Waals surface area (Å²) in [5.74, 6) is 5.68. The van der Waals surface area contributed by atoms with Gasteiger partial charge in [0, 0.05) is 0 Å². The van der Waals surface area contributed by atoms with E-state index in [1.807, 2.05) is 0 Å². The Morgan fingerprint density at radius 3 is 1.96 bits per heavy atom. The van der Waals surface area contributed by atoms with Crippen LogP contribution in [-0.2, 0) is 0 Å². The highest BCUT2D eigenvalue weighted by Gasteiger charge is 2.30. The summed E-state index contributed by atoms with van der Waals surface area (Å²) < 4.78 is 0. The molecule has 0 aromatic carbocycles. The third kappa shape index (κ3) is 7.07. The molecule has 0 amide bonds. The van der Waals surface area contributed by atoms with Crippen LogP contribution in [0.2, 0.25) is 0 Å². The Balaban J connectivity index is 1.33. The highest BCUT2D eigenvalue weighted by atomic mass is 14.4. The molecule has 0 radical (unpaired) electrons. The second-order valence-corrected chi connectivity index (χ2v) is 10.5. The van der Waals surface area contributed by atoms with Gasteiger partial charge < -0.3 is 0 Å². The van der Waals surface area contributed by atoms with Gasteiger partial charge in [0.2, 0.25) is 0 Å². The van der Waals surface area contributed by atoms with E-state index in [1.165, 1.54) is 89.9 Å². The fourth-order valence-corrected chi connectivity index (χ4v) is 6.42. The van der Waals surface area contributed by atoms with Crippen molar-refractivity contribution in [3.63, 3.8) is 0 Å². The first-order valence-electron chi connectivity index (χ1n) is 13.1. The van der Waals surface area contributed by atoms with Crippen molar-refractivity contribution in [3.8, 4) is 0 Å². The van der Waals surface area contributed by atoms with Gasteiger partial charge in [-0.15, -0.1) is 0 Å². The normalized spacial score (nSPS) is 36.8. The highest BCUT2D eigenvalue weighted by Crippen LogP contribution is 2.42. The van der Waals surface area contributed by atoms with Crippen LogP contribution < -0.4 is 0 Å². The van der Waals surface area contributed by atoms with E-state index in [9.17, 15) is 0 Å². The van der Waals surface area contributed by atoms with Gasteiger partial charge in [0.1, 0.15) is 0 Å². The van der Waals surface area contributed by atoms with Crippen LogP contribution in [-0.4, -0.2) is 0 Å². The van der Waals surface area contributed by atoms with Gasteiger partial charge in [0.05, 0.1) is 0 Å². The van der Waals surface area contributed by atoms with Crippen molar-refractivity contribution >= 4 is 0 Å². The highest BCUT2D eigenvalue weighted by molar-refractivity contribution is 5.07. The zero-order chi connectivity index (χ0) is 19.6. The molecular formula is C28H48. The van der Waals surface area contributed by atoms with E-state index in [1.54, 1.807) is 12.8 Å². The maximum Gasteiger partial charge on any atom is -0.00531 e. The first kappa shape index (κ1) is 22.2. The second-order valence-electron chi connectivity index (χ2n) is 10.5. The summed E-state index contributed by atoms with van der Waals surface area (Å²) in [4.78, 5) is 0. The van der Waals surface area contributed by atoms with Crippen LogP contribution in [0.4, 0.5) is 0 Å². The van der Waals surface area contributed by atoms with Crippen LogP contribution in [0.25, 0.3) is 0 Å². The SMILES string of the molecule is CCCCCC1C=CC(C=CC2CCC(C3CCC(CCC)CC3)CC2)CC1. The van der Waals surface area contributed by atoms with E-state index >= 15 is 0 Å². The number of rotatable bonds is 9. The van der Waals surface area contributed by atoms with Crippen LogP contribution in [0, 0.1) is 35.5 Å². The summed E-state index contributed by atoms with van der Waals surface area (Å²) in [6.07, 6.45) is 33.7. The standard InChI is InChI=1S/C28H48/c1-3-5-6-8-24-9-11-25(12-10-24)13-14-26-17-21-28(22-18-26)27-19-15-23(7-4-2)16-20-27/h9,11,13-14,23-28H,3-8,10,12,15-22H2,1-2H3. The summed E-state index contributed by atoms with van der Waals surface area (Å²) in [6.45, 7) is 4.67. The largest absolute Gasteiger partial charge is 0.0848 e. The Morgan fingerprint density at radius 2 is 1.36 bits per heavy atom. The van der Waals surface area contributed by atoms with E-state index < -0.39 is 0 Å². The molecule has 0 aromatic heterocycles. The zero-order valence-corrected chi connectivity index (χ0v) is 19.1. The molecule has 3 aliphatic carbocycles. The first-order chi connectivity index (χ1) is 13.8. The minimum absolute atomic E-state index is 0.731. The Morgan fingerprint density at radius 1 is 0.643 bits per heavy atom. The lowest BCUT2D eigenvalue weighted by Gasteiger charge is -2.37. The topological polar surface area (TPSA) is 0 Å². The fourth-order valence-electron chi connectivity index (χ4n) is 6.42. The molecule has 2 unspecified atom stereocenters. The average Bonchev–Trinajstić information content (AvgIpc) is 2.75. The number of hydrogen-bond acceptors (Lipinski definition) is 0. The molecule has 0 spiro atoms. The molecule has 0 heterocycles. The minimum atomic E-state index is 0.731. The molecular weight excluding hydrogens is 336 g/mol. The smallest absolute Gasteiger partial charge is 0.00531 e. The minimum Gasteiger partial charge on any atom is -0.0848 e. The quantitative estimate of drug-likeness (QED) is 0.274. The van der Waals surface area contributed by atoms with Crippen molar-refractivity contribution in [2.45, 2.75) is 117 Å². The van der Waals surface area contributed by atoms with Crippen LogP contribution in [0.3, 0.4) is 0 Å². The van der Waals surface area contributed by atoms with Gasteiger partial charge in [-0.3, -0.25) is 0 Å². The molecule has 0 aliphatic heterocycles. The van der Waals surface area contributed by atoms with E-state index in [0.717, 1.165) is 35.5 Å². The summed E-state index contributed by atoms with van der Waals surface area (Å²) in [6, 6.07) is 0. The monoisotopic (exact) mass is 384 g/mol. The van der Waals surface area contributed by atoms with Gasteiger partial charge in [-0.25, -0.2) is 0 Å². The predicted octanol–water partition coefficient (Wildman–Crippen LogP) is 9.12. The number of allylic oxidation sites excluding steroid dienone is 4. The summed E-state index contributed by atoms with van der Waals surface area (Å²) >= 11 is 0. The van der Waals surface area contributed by atoms with Crippen LogP contribution >= 0.6 is 0 Å². The molecule has 2 atom stereocenters. The van der Waals surface area contributed by atoms with Gasteiger partial charge in [0.15, 0.2) is 0 Å². The van der Waals surface area contributed by atoms with Gasteiger partial charge >= 0.3 is 0 Å². The molecule has 0 N–H and O–H groups in total. The molecule has 0 aromatic rings. The van der Waals surface area contributed by atoms with Crippen molar-refractivity contribution in [3.05, 3.63) is 24.3 Å². The van der Waals surface area contributed by atoms with E-state index in [4.69, 9.17) is 0 Å². The summed E-state index contributed by atoms with van der Waals surface area (Å²) in [5, 5.41) is 0. The maximum atomic E-state index is 2.61. The number of unbranched alkanes of at least 4 members (excludes halogenated alkanes) is 2. The third-order valence-electron chi connectivity index (χ3n) is 8.38. The Labute approximate surface area is 176 Å². The van der Waals surface area contributed by atoms with E-state index in [2.05, 4.69) is 38.2 Å². The molecule has 2 saturated carbocycles. The van der Waals surface area contributed by atoms with Crippen LogP contribution in [0.1, 0.15) is 117 Å². The molecule has 0 nitrogen and oxygen atoms in total. The maximum absolute atomic E-state index is 2.61. The number of hydrogen-bond donors (Lipinski definition) is 0. The molecule has 160 valence electrons.